The summed E-state index contributed by atoms with van der Waals surface area (Å²) in [7, 11) is 3.97. The van der Waals surface area contributed by atoms with E-state index in [9.17, 15) is 15.2 Å². The normalized spacial score (nSPS) is 23.1. The molecule has 2 atom stereocenters. The quantitative estimate of drug-likeness (QED) is 0.631. The van der Waals surface area contributed by atoms with Gasteiger partial charge < -0.3 is 25.0 Å². The summed E-state index contributed by atoms with van der Waals surface area (Å²) in [5, 5.41) is 20.4. The smallest absolute Gasteiger partial charge is 0.363 e. The Labute approximate surface area is 111 Å². The molecular formula is C12H18N4O3. The van der Waals surface area contributed by atoms with Crippen molar-refractivity contribution in [1.82, 2.24) is 9.88 Å². The third-order valence-corrected chi connectivity index (χ3v) is 3.22. The van der Waals surface area contributed by atoms with Crippen LogP contribution >= 0.6 is 0 Å². The minimum absolute atomic E-state index is 0.160. The van der Waals surface area contributed by atoms with Gasteiger partial charge in [0.05, 0.1) is 11.8 Å². The topological polar surface area (TPSA) is 82.7 Å². The summed E-state index contributed by atoms with van der Waals surface area (Å²) in [5.74, 6) is -0.160. The van der Waals surface area contributed by atoms with Gasteiger partial charge >= 0.3 is 5.82 Å². The number of aliphatic hydroxyl groups excluding tert-OH is 1. The summed E-state index contributed by atoms with van der Waals surface area (Å²) in [4.78, 5) is 18.0. The molecular weight excluding hydrogens is 248 g/mol. The van der Waals surface area contributed by atoms with Crippen LogP contribution < -0.4 is 4.90 Å². The molecule has 1 aromatic rings. The Hall–Kier alpha value is -1.73. The number of anilines is 1. The highest BCUT2D eigenvalue weighted by Crippen LogP contribution is 2.26. The molecule has 1 fully saturated rings. The number of nitro groups is 1. The van der Waals surface area contributed by atoms with Crippen molar-refractivity contribution >= 4 is 11.5 Å². The van der Waals surface area contributed by atoms with Crippen molar-refractivity contribution in [2.45, 2.75) is 18.6 Å². The van der Waals surface area contributed by atoms with Gasteiger partial charge in [-0.25, -0.2) is 0 Å². The van der Waals surface area contributed by atoms with Crippen LogP contribution in [-0.2, 0) is 0 Å². The monoisotopic (exact) mass is 266 g/mol. The van der Waals surface area contributed by atoms with Crippen LogP contribution in [0.2, 0.25) is 0 Å². The lowest BCUT2D eigenvalue weighted by atomic mass is 10.2. The fourth-order valence-electron chi connectivity index (χ4n) is 2.46. The number of aliphatic hydroxyl groups is 1. The maximum Gasteiger partial charge on any atom is 0.363 e. The first-order valence-corrected chi connectivity index (χ1v) is 6.17. The van der Waals surface area contributed by atoms with Gasteiger partial charge in [0, 0.05) is 25.2 Å². The average molecular weight is 266 g/mol. The number of aromatic nitrogens is 1. The van der Waals surface area contributed by atoms with Crippen molar-refractivity contribution in [3.8, 4) is 0 Å². The van der Waals surface area contributed by atoms with Crippen LogP contribution in [0.25, 0.3) is 0 Å². The van der Waals surface area contributed by atoms with Crippen LogP contribution in [0, 0.1) is 10.1 Å². The lowest BCUT2D eigenvalue weighted by Crippen LogP contribution is -2.37. The van der Waals surface area contributed by atoms with E-state index in [-0.39, 0.29) is 18.0 Å². The van der Waals surface area contributed by atoms with E-state index < -0.39 is 4.92 Å². The molecule has 7 nitrogen and oxygen atoms in total. The Balaban J connectivity index is 2.16. The zero-order valence-corrected chi connectivity index (χ0v) is 11.1. The number of hydrogen-bond acceptors (Lipinski definition) is 6. The van der Waals surface area contributed by atoms with Crippen LogP contribution in [0.5, 0.6) is 0 Å². The molecule has 0 aliphatic carbocycles. The SMILES string of the molecule is CN(C)CC1CC(O)CN1c1ccc([N+](=O)[O-])nc1. The lowest BCUT2D eigenvalue weighted by molar-refractivity contribution is -0.389. The number of nitrogens with zero attached hydrogens (tertiary/aromatic N) is 4. The number of hydrogen-bond donors (Lipinski definition) is 1. The molecule has 1 N–H and O–H groups in total. The number of pyridine rings is 1. The molecule has 0 bridgehead atoms. The van der Waals surface area contributed by atoms with Gasteiger partial charge in [-0.15, -0.1) is 0 Å². The van der Waals surface area contributed by atoms with E-state index in [0.717, 1.165) is 12.2 Å². The molecule has 2 heterocycles. The predicted molar refractivity (Wildman–Crippen MR) is 71.2 cm³/mol. The highest BCUT2D eigenvalue weighted by molar-refractivity contribution is 5.49. The van der Waals surface area contributed by atoms with E-state index in [0.29, 0.717) is 13.0 Å². The lowest BCUT2D eigenvalue weighted by Gasteiger charge is -2.27. The van der Waals surface area contributed by atoms with E-state index in [1.54, 1.807) is 6.07 Å². The van der Waals surface area contributed by atoms with Crippen LogP contribution in [0.1, 0.15) is 6.42 Å². The summed E-state index contributed by atoms with van der Waals surface area (Å²) in [5.41, 5.74) is 0.814. The molecule has 2 unspecified atom stereocenters. The Bertz CT molecular complexity index is 449. The van der Waals surface area contributed by atoms with E-state index in [2.05, 4.69) is 14.8 Å². The van der Waals surface area contributed by atoms with Crippen molar-refractivity contribution in [2.75, 3.05) is 32.1 Å². The Morgan fingerprint density at radius 3 is 2.84 bits per heavy atom. The fourth-order valence-corrected chi connectivity index (χ4v) is 2.46. The third-order valence-electron chi connectivity index (χ3n) is 3.22. The molecule has 0 saturated carbocycles. The van der Waals surface area contributed by atoms with Gasteiger partial charge in [-0.05, 0) is 36.5 Å². The van der Waals surface area contributed by atoms with Gasteiger partial charge in [-0.3, -0.25) is 0 Å². The summed E-state index contributed by atoms with van der Waals surface area (Å²) in [6.45, 7) is 1.37. The molecule has 1 aliphatic rings. The van der Waals surface area contributed by atoms with Gasteiger partial charge in [0.15, 0.2) is 6.20 Å². The Morgan fingerprint density at radius 2 is 2.32 bits per heavy atom. The number of β-amino-alcohol motifs (C(OH)–C–C–N with tert-alkyl or cyclic N) is 1. The average Bonchev–Trinajstić information content (AvgIpc) is 2.69. The van der Waals surface area contributed by atoms with E-state index in [1.807, 2.05) is 14.1 Å². The van der Waals surface area contributed by atoms with Gasteiger partial charge in [-0.2, -0.15) is 0 Å². The molecule has 0 aromatic carbocycles. The second kappa shape index (κ2) is 5.50. The van der Waals surface area contributed by atoms with Crippen molar-refractivity contribution in [2.24, 2.45) is 0 Å². The van der Waals surface area contributed by atoms with E-state index in [4.69, 9.17) is 0 Å². The first-order chi connectivity index (χ1) is 8.97. The number of likely N-dealkylation sites (N-methyl/N-ethyl adjacent to an activating group) is 1. The molecule has 104 valence electrons. The molecule has 0 spiro atoms. The van der Waals surface area contributed by atoms with Crippen molar-refractivity contribution < 1.29 is 10.0 Å². The third kappa shape index (κ3) is 3.18. The molecule has 1 saturated heterocycles. The summed E-state index contributed by atoms with van der Waals surface area (Å²) in [6.07, 6.45) is 1.84. The Kier molecular flexibility index (Phi) is 3.96. The van der Waals surface area contributed by atoms with Gasteiger partial charge in [0.1, 0.15) is 0 Å². The fraction of sp³-hybridized carbons (Fsp3) is 0.583. The molecule has 1 aromatic heterocycles. The zero-order chi connectivity index (χ0) is 14.0. The van der Waals surface area contributed by atoms with Crippen LogP contribution in [0.3, 0.4) is 0 Å². The number of rotatable bonds is 4. The standard InChI is InChI=1S/C12H18N4O3/c1-14(2)7-10-5-11(17)8-15(10)9-3-4-12(13-6-9)16(18)19/h3-4,6,10-11,17H,5,7-8H2,1-2H3. The largest absolute Gasteiger partial charge is 0.391 e. The highest BCUT2D eigenvalue weighted by atomic mass is 16.6. The summed E-state index contributed by atoms with van der Waals surface area (Å²) >= 11 is 0. The zero-order valence-electron chi connectivity index (χ0n) is 11.1. The van der Waals surface area contributed by atoms with Crippen LogP contribution in [0.15, 0.2) is 18.3 Å². The molecule has 0 radical (unpaired) electrons. The van der Waals surface area contributed by atoms with Gasteiger partial charge in [0.2, 0.25) is 0 Å². The van der Waals surface area contributed by atoms with Gasteiger partial charge in [-0.1, -0.05) is 0 Å². The van der Waals surface area contributed by atoms with E-state index in [1.165, 1.54) is 12.3 Å². The van der Waals surface area contributed by atoms with Crippen molar-refractivity contribution in [3.63, 3.8) is 0 Å². The van der Waals surface area contributed by atoms with Crippen molar-refractivity contribution in [3.05, 3.63) is 28.4 Å². The predicted octanol–water partition coefficient (Wildman–Crippen LogP) is 0.491. The first-order valence-electron chi connectivity index (χ1n) is 6.17. The van der Waals surface area contributed by atoms with E-state index >= 15 is 0 Å². The summed E-state index contributed by atoms with van der Waals surface area (Å²) < 4.78 is 0. The van der Waals surface area contributed by atoms with Gasteiger partial charge in [0.25, 0.3) is 0 Å². The van der Waals surface area contributed by atoms with Crippen LogP contribution in [-0.4, -0.2) is 59.2 Å². The maximum atomic E-state index is 10.6. The molecule has 1 aliphatic heterocycles. The van der Waals surface area contributed by atoms with Crippen LogP contribution in [0.4, 0.5) is 11.5 Å². The molecule has 2 rings (SSSR count). The molecule has 7 heteroatoms. The minimum atomic E-state index is -0.514. The summed E-state index contributed by atoms with van der Waals surface area (Å²) in [6, 6.07) is 3.28. The molecule has 19 heavy (non-hydrogen) atoms. The molecule has 0 amide bonds. The second-order valence-electron chi connectivity index (χ2n) is 5.09. The van der Waals surface area contributed by atoms with Crippen molar-refractivity contribution in [1.29, 1.82) is 0 Å². The minimum Gasteiger partial charge on any atom is -0.391 e. The maximum absolute atomic E-state index is 10.6. The first kappa shape index (κ1) is 13.7. The highest BCUT2D eigenvalue weighted by Gasteiger charge is 2.32. The Morgan fingerprint density at radius 1 is 1.58 bits per heavy atom. The second-order valence-corrected chi connectivity index (χ2v) is 5.09.